The molecule has 2 rings (SSSR count). The van der Waals surface area contributed by atoms with Gasteiger partial charge in [-0.2, -0.15) is 10.5 Å². The highest BCUT2D eigenvalue weighted by atomic mass is 35.5. The molecule has 120 valence electrons. The van der Waals surface area contributed by atoms with Crippen LogP contribution in [0.5, 0.6) is 0 Å². The van der Waals surface area contributed by atoms with Crippen molar-refractivity contribution in [2.45, 2.75) is 11.9 Å². The third-order valence-electron chi connectivity index (χ3n) is 3.12. The number of pyridine rings is 1. The van der Waals surface area contributed by atoms with E-state index in [1.54, 1.807) is 18.2 Å². The Balaban J connectivity index is 2.08. The smallest absolute Gasteiger partial charge is 0.289 e. The van der Waals surface area contributed by atoms with Gasteiger partial charge in [-0.25, -0.2) is 4.98 Å². The number of aromatic nitrogens is 1. The lowest BCUT2D eigenvalue weighted by atomic mass is 10.2. The Labute approximate surface area is 148 Å². The van der Waals surface area contributed by atoms with E-state index in [0.717, 1.165) is 17.3 Å². The number of carbonyl (C=O) groups excluding carboxylic acids is 1. The van der Waals surface area contributed by atoms with Crippen molar-refractivity contribution >= 4 is 40.8 Å². The Hall–Kier alpha value is -2.74. The zero-order valence-electron chi connectivity index (χ0n) is 12.7. The minimum absolute atomic E-state index is 0.0819. The number of aryl methyl sites for hydroxylation is 1. The van der Waals surface area contributed by atoms with E-state index in [-0.39, 0.29) is 28.6 Å². The second-order valence-electron chi connectivity index (χ2n) is 4.86. The summed E-state index contributed by atoms with van der Waals surface area (Å²) in [4.78, 5) is 14.9. The topological polar surface area (TPSA) is 117 Å². The molecule has 4 N–H and O–H groups in total. The monoisotopic (exact) mass is 358 g/mol. The van der Waals surface area contributed by atoms with Gasteiger partial charge in [-0.1, -0.05) is 23.4 Å². The van der Waals surface area contributed by atoms with Crippen LogP contribution in [-0.4, -0.2) is 11.7 Å². The first-order chi connectivity index (χ1) is 11.4. The fraction of sp³-hybridized carbons (Fsp3) is 0.125. The van der Waals surface area contributed by atoms with Gasteiger partial charge >= 0.3 is 0 Å². The summed E-state index contributed by atoms with van der Waals surface area (Å²) in [6.07, 6.45) is 0. The van der Waals surface area contributed by atoms with Crippen molar-refractivity contribution in [3.05, 3.63) is 46.0 Å². The van der Waals surface area contributed by atoms with Crippen molar-refractivity contribution in [3.63, 3.8) is 0 Å². The summed E-state index contributed by atoms with van der Waals surface area (Å²) in [5.74, 6) is 0.0112. The van der Waals surface area contributed by atoms with Crippen LogP contribution < -0.4 is 16.0 Å². The predicted octanol–water partition coefficient (Wildman–Crippen LogP) is 2.52. The van der Waals surface area contributed by atoms with Crippen LogP contribution in [0, 0.1) is 29.6 Å². The highest BCUT2D eigenvalue weighted by molar-refractivity contribution is 7.99. The second-order valence-corrected chi connectivity index (χ2v) is 6.28. The normalized spacial score (nSPS) is 9.83. The lowest BCUT2D eigenvalue weighted by Gasteiger charge is -2.08. The third-order valence-corrected chi connectivity index (χ3v) is 4.37. The number of anilines is 2. The molecule has 8 heteroatoms. The number of benzene rings is 1. The SMILES string of the molecule is Cc1cc(Cl)ccc1NC(=O)CSc1[nH+]c(N)c(C#N)cc1C#N. The van der Waals surface area contributed by atoms with Crippen molar-refractivity contribution in [3.8, 4) is 12.1 Å². The zero-order chi connectivity index (χ0) is 17.7. The Morgan fingerprint density at radius 2 is 2.04 bits per heavy atom. The van der Waals surface area contributed by atoms with Gasteiger partial charge in [-0.15, -0.1) is 0 Å². The second kappa shape index (κ2) is 7.69. The van der Waals surface area contributed by atoms with E-state index in [0.29, 0.717) is 15.7 Å². The molecule has 0 bridgehead atoms. The number of nitrogens with zero attached hydrogens (tertiary/aromatic N) is 2. The fourth-order valence-electron chi connectivity index (χ4n) is 1.93. The molecule has 0 aliphatic carbocycles. The van der Waals surface area contributed by atoms with Gasteiger partial charge in [0.05, 0.1) is 5.75 Å². The molecule has 0 spiro atoms. The molecule has 2 aromatic rings. The molecule has 1 aromatic heterocycles. The highest BCUT2D eigenvalue weighted by Crippen LogP contribution is 2.22. The number of thioether (sulfide) groups is 1. The standard InChI is InChI=1S/C16H12ClN5OS/c1-9-4-12(17)2-3-13(9)21-14(23)8-24-16-11(7-19)5-10(6-18)15(20)22-16/h2-5H,8H2,1H3,(H2,20,22)(H,21,23)/p+1. The summed E-state index contributed by atoms with van der Waals surface area (Å²) < 4.78 is 0. The fourth-order valence-corrected chi connectivity index (χ4v) is 2.94. The summed E-state index contributed by atoms with van der Waals surface area (Å²) in [6.45, 7) is 1.84. The molecule has 0 saturated carbocycles. The Morgan fingerprint density at radius 1 is 1.33 bits per heavy atom. The molecule has 0 aliphatic rings. The Kier molecular flexibility index (Phi) is 5.64. The quantitative estimate of drug-likeness (QED) is 0.814. The van der Waals surface area contributed by atoms with E-state index in [2.05, 4.69) is 10.3 Å². The third kappa shape index (κ3) is 4.17. The van der Waals surface area contributed by atoms with E-state index in [9.17, 15) is 4.79 Å². The maximum atomic E-state index is 12.1. The largest absolute Gasteiger partial charge is 0.325 e. The number of nitrogens with one attached hydrogen (secondary N) is 2. The Bertz CT molecular complexity index is 885. The number of hydrogen-bond donors (Lipinski definition) is 2. The number of aromatic amines is 1. The average Bonchev–Trinajstić information content (AvgIpc) is 2.55. The molecule has 1 amide bonds. The number of rotatable bonds is 4. The summed E-state index contributed by atoms with van der Waals surface area (Å²) in [5, 5.41) is 21.9. The predicted molar refractivity (Wildman–Crippen MR) is 92.4 cm³/mol. The molecule has 0 aliphatic heterocycles. The van der Waals surface area contributed by atoms with Crippen molar-refractivity contribution < 1.29 is 9.78 Å². The maximum absolute atomic E-state index is 12.1. The molecule has 1 heterocycles. The van der Waals surface area contributed by atoms with Crippen molar-refractivity contribution in [1.82, 2.24) is 0 Å². The van der Waals surface area contributed by atoms with Gasteiger partial charge in [0.2, 0.25) is 5.91 Å². The molecular weight excluding hydrogens is 346 g/mol. The van der Waals surface area contributed by atoms with Crippen LogP contribution >= 0.6 is 23.4 Å². The van der Waals surface area contributed by atoms with Crippen LogP contribution in [0.4, 0.5) is 11.5 Å². The van der Waals surface area contributed by atoms with Crippen LogP contribution in [0.2, 0.25) is 5.02 Å². The number of nitriles is 2. The Morgan fingerprint density at radius 3 is 2.67 bits per heavy atom. The van der Waals surface area contributed by atoms with Crippen LogP contribution in [0.25, 0.3) is 0 Å². The van der Waals surface area contributed by atoms with Gasteiger partial charge < -0.3 is 5.32 Å². The van der Waals surface area contributed by atoms with E-state index in [1.807, 2.05) is 19.1 Å². The average molecular weight is 359 g/mol. The summed E-state index contributed by atoms with van der Waals surface area (Å²) in [5.41, 5.74) is 7.69. The lowest BCUT2D eigenvalue weighted by Crippen LogP contribution is -2.20. The van der Waals surface area contributed by atoms with Gasteiger partial charge in [-0.05, 0) is 36.8 Å². The number of nitrogen functional groups attached to an aromatic ring is 1. The summed E-state index contributed by atoms with van der Waals surface area (Å²) >= 11 is 7.02. The molecule has 24 heavy (non-hydrogen) atoms. The van der Waals surface area contributed by atoms with Crippen molar-refractivity contribution in [1.29, 1.82) is 10.5 Å². The number of hydrogen-bond acceptors (Lipinski definition) is 5. The molecule has 1 aromatic carbocycles. The molecular formula is C16H13ClN5OS+. The van der Waals surface area contributed by atoms with Gasteiger partial charge in [-0.3, -0.25) is 10.5 Å². The van der Waals surface area contributed by atoms with Crippen LogP contribution in [0.15, 0.2) is 29.3 Å². The first-order valence-corrected chi connectivity index (χ1v) is 8.15. The number of nitrogens with two attached hydrogens (primary N) is 1. The van der Waals surface area contributed by atoms with E-state index >= 15 is 0 Å². The maximum Gasteiger partial charge on any atom is 0.289 e. The zero-order valence-corrected chi connectivity index (χ0v) is 14.3. The molecule has 0 saturated heterocycles. The number of halogens is 1. The van der Waals surface area contributed by atoms with E-state index in [1.165, 1.54) is 6.07 Å². The van der Waals surface area contributed by atoms with Gasteiger partial charge in [0, 0.05) is 10.7 Å². The molecule has 0 radical (unpaired) electrons. The number of amides is 1. The van der Waals surface area contributed by atoms with E-state index < -0.39 is 0 Å². The number of H-pyrrole nitrogens is 1. The van der Waals surface area contributed by atoms with Crippen molar-refractivity contribution in [2.75, 3.05) is 16.8 Å². The van der Waals surface area contributed by atoms with Crippen molar-refractivity contribution in [2.24, 2.45) is 0 Å². The van der Waals surface area contributed by atoms with Crippen LogP contribution in [0.1, 0.15) is 16.7 Å². The van der Waals surface area contributed by atoms with Gasteiger partial charge in [0.25, 0.3) is 5.82 Å². The summed E-state index contributed by atoms with van der Waals surface area (Å²) in [6, 6.07) is 10.5. The molecule has 0 atom stereocenters. The number of carbonyl (C=O) groups is 1. The molecule has 6 nitrogen and oxygen atoms in total. The first kappa shape index (κ1) is 17.6. The lowest BCUT2D eigenvalue weighted by molar-refractivity contribution is -0.410. The molecule has 0 fully saturated rings. The minimum atomic E-state index is -0.231. The van der Waals surface area contributed by atoms with Crippen LogP contribution in [-0.2, 0) is 4.79 Å². The first-order valence-electron chi connectivity index (χ1n) is 6.79. The highest BCUT2D eigenvalue weighted by Gasteiger charge is 2.16. The van der Waals surface area contributed by atoms with Gasteiger partial charge in [0.1, 0.15) is 23.3 Å². The minimum Gasteiger partial charge on any atom is -0.325 e. The van der Waals surface area contributed by atoms with Gasteiger partial charge in [0.15, 0.2) is 5.03 Å². The van der Waals surface area contributed by atoms with Crippen LogP contribution in [0.3, 0.4) is 0 Å². The van der Waals surface area contributed by atoms with E-state index in [4.69, 9.17) is 27.9 Å². The molecule has 0 unspecified atom stereocenters. The summed E-state index contributed by atoms with van der Waals surface area (Å²) in [7, 11) is 0.